The van der Waals surface area contributed by atoms with Gasteiger partial charge in [0.2, 0.25) is 0 Å². The normalized spacial score (nSPS) is 20.2. The minimum absolute atomic E-state index is 0.423. The van der Waals surface area contributed by atoms with Crippen molar-refractivity contribution in [1.29, 1.82) is 0 Å². The fourth-order valence-electron chi connectivity index (χ4n) is 3.93. The number of thiophene rings is 1. The average Bonchev–Trinajstić information content (AvgIpc) is 3.51. The van der Waals surface area contributed by atoms with E-state index >= 15 is 0 Å². The second-order valence-electron chi connectivity index (χ2n) is 7.69. The molecule has 1 aliphatic heterocycles. The lowest BCUT2D eigenvalue weighted by Crippen LogP contribution is -2.47. The molecule has 0 spiro atoms. The number of likely N-dealkylation sites (N-methyl/N-ethyl adjacent to an activating group) is 1. The first kappa shape index (κ1) is 16.9. The Balaban J connectivity index is 1.39. The van der Waals surface area contributed by atoms with E-state index in [1.54, 1.807) is 17.7 Å². The van der Waals surface area contributed by atoms with Crippen LogP contribution in [0.5, 0.6) is 0 Å². The summed E-state index contributed by atoms with van der Waals surface area (Å²) < 4.78 is 1.20. The van der Waals surface area contributed by atoms with Crippen LogP contribution in [-0.4, -0.2) is 46.1 Å². The largest absolute Gasteiger partial charge is 0.355 e. The Morgan fingerprint density at radius 3 is 2.93 bits per heavy atom. The lowest BCUT2D eigenvalue weighted by Gasteiger charge is -2.38. The molecule has 3 aromatic heterocycles. The van der Waals surface area contributed by atoms with Gasteiger partial charge in [-0.3, -0.25) is 0 Å². The number of anilines is 2. The van der Waals surface area contributed by atoms with Crippen LogP contribution in [-0.2, 0) is 0 Å². The summed E-state index contributed by atoms with van der Waals surface area (Å²) in [5.74, 6) is 3.72. The molecule has 140 valence electrons. The van der Waals surface area contributed by atoms with Crippen molar-refractivity contribution >= 4 is 33.2 Å². The summed E-state index contributed by atoms with van der Waals surface area (Å²) in [4.78, 5) is 23.2. The molecule has 4 heterocycles. The molecule has 7 heteroatoms. The first-order valence-corrected chi connectivity index (χ1v) is 10.6. The van der Waals surface area contributed by atoms with E-state index in [1.807, 2.05) is 12.3 Å². The third kappa shape index (κ3) is 3.14. The summed E-state index contributed by atoms with van der Waals surface area (Å²) in [6.07, 6.45) is 8.41. The maximum absolute atomic E-state index is 4.83. The highest BCUT2D eigenvalue weighted by atomic mass is 32.1. The Labute approximate surface area is 163 Å². The third-order valence-electron chi connectivity index (χ3n) is 5.72. The van der Waals surface area contributed by atoms with Crippen LogP contribution in [0, 0.1) is 6.92 Å². The molecule has 0 radical (unpaired) electrons. The van der Waals surface area contributed by atoms with Gasteiger partial charge < -0.3 is 9.80 Å². The maximum Gasteiger partial charge on any atom is 0.150 e. The zero-order valence-corrected chi connectivity index (χ0v) is 16.6. The van der Waals surface area contributed by atoms with Crippen molar-refractivity contribution in [3.63, 3.8) is 0 Å². The lowest BCUT2D eigenvalue weighted by molar-refractivity contribution is 0.483. The maximum atomic E-state index is 4.83. The van der Waals surface area contributed by atoms with Crippen LogP contribution >= 0.6 is 11.3 Å². The number of nitrogens with zero attached hydrogens (tertiary/aromatic N) is 6. The van der Waals surface area contributed by atoms with Crippen LogP contribution in [0.2, 0.25) is 0 Å². The van der Waals surface area contributed by atoms with Crippen LogP contribution in [0.1, 0.15) is 43.0 Å². The zero-order valence-electron chi connectivity index (χ0n) is 15.8. The molecule has 2 fully saturated rings. The lowest BCUT2D eigenvalue weighted by atomic mass is 10.0. The molecular formula is C20H24N6S. The quantitative estimate of drug-likeness (QED) is 0.687. The molecule has 3 aromatic rings. The number of aryl methyl sites for hydroxylation is 1. The van der Waals surface area contributed by atoms with E-state index in [0.717, 1.165) is 42.5 Å². The van der Waals surface area contributed by atoms with Crippen molar-refractivity contribution in [1.82, 2.24) is 19.9 Å². The average molecular weight is 381 g/mol. The molecule has 5 rings (SSSR count). The molecule has 0 aromatic carbocycles. The number of hydrogen-bond acceptors (Lipinski definition) is 7. The van der Waals surface area contributed by atoms with Gasteiger partial charge in [0.1, 0.15) is 23.8 Å². The zero-order chi connectivity index (χ0) is 18.4. The summed E-state index contributed by atoms with van der Waals surface area (Å²) >= 11 is 1.75. The van der Waals surface area contributed by atoms with Crippen LogP contribution in [0.25, 0.3) is 10.2 Å². The molecule has 27 heavy (non-hydrogen) atoms. The SMILES string of the molecule is Cc1csc2c(N3CCCC(N(C)c4ccnc(C5CC5)n4)C3)ncnc12. The Morgan fingerprint density at radius 2 is 2.07 bits per heavy atom. The van der Waals surface area contributed by atoms with Gasteiger partial charge in [-0.25, -0.2) is 19.9 Å². The summed E-state index contributed by atoms with van der Waals surface area (Å²) in [5, 5.41) is 2.18. The Morgan fingerprint density at radius 1 is 1.19 bits per heavy atom. The minimum Gasteiger partial charge on any atom is -0.355 e. The van der Waals surface area contributed by atoms with Crippen molar-refractivity contribution in [2.24, 2.45) is 0 Å². The van der Waals surface area contributed by atoms with Crippen molar-refractivity contribution < 1.29 is 0 Å². The molecule has 1 saturated heterocycles. The smallest absolute Gasteiger partial charge is 0.150 e. The Kier molecular flexibility index (Phi) is 4.19. The van der Waals surface area contributed by atoms with Crippen molar-refractivity contribution in [3.8, 4) is 0 Å². The Hall–Kier alpha value is -2.28. The second kappa shape index (κ2) is 6.71. The van der Waals surface area contributed by atoms with Gasteiger partial charge in [0.25, 0.3) is 0 Å². The Bertz CT molecular complexity index is 966. The summed E-state index contributed by atoms with van der Waals surface area (Å²) in [5.41, 5.74) is 2.32. The fraction of sp³-hybridized carbons (Fsp3) is 0.500. The first-order chi connectivity index (χ1) is 13.2. The van der Waals surface area contributed by atoms with Crippen LogP contribution in [0.15, 0.2) is 24.0 Å². The molecule has 0 bridgehead atoms. The predicted molar refractivity (Wildman–Crippen MR) is 110 cm³/mol. The molecule has 6 nitrogen and oxygen atoms in total. The predicted octanol–water partition coefficient (Wildman–Crippen LogP) is 3.77. The van der Waals surface area contributed by atoms with Gasteiger partial charge in [-0.1, -0.05) is 0 Å². The van der Waals surface area contributed by atoms with Crippen LogP contribution in [0.3, 0.4) is 0 Å². The molecule has 1 saturated carbocycles. The number of hydrogen-bond donors (Lipinski definition) is 0. The van der Waals surface area contributed by atoms with E-state index < -0.39 is 0 Å². The molecule has 1 atom stereocenters. The summed E-state index contributed by atoms with van der Waals surface area (Å²) in [6, 6.07) is 2.46. The summed E-state index contributed by atoms with van der Waals surface area (Å²) in [6.45, 7) is 4.13. The van der Waals surface area contributed by atoms with E-state index in [-0.39, 0.29) is 0 Å². The summed E-state index contributed by atoms with van der Waals surface area (Å²) in [7, 11) is 2.16. The monoisotopic (exact) mass is 380 g/mol. The van der Waals surface area contributed by atoms with E-state index in [2.05, 4.69) is 44.1 Å². The highest BCUT2D eigenvalue weighted by Gasteiger charge is 2.29. The number of aromatic nitrogens is 4. The van der Waals surface area contributed by atoms with Gasteiger partial charge in [0, 0.05) is 38.3 Å². The highest BCUT2D eigenvalue weighted by Crippen LogP contribution is 2.38. The van der Waals surface area contributed by atoms with Crippen molar-refractivity contribution in [2.45, 2.75) is 44.6 Å². The van der Waals surface area contributed by atoms with Crippen LogP contribution in [0.4, 0.5) is 11.6 Å². The van der Waals surface area contributed by atoms with E-state index in [9.17, 15) is 0 Å². The fourth-order valence-corrected chi connectivity index (χ4v) is 4.95. The molecule has 0 amide bonds. The number of fused-ring (bicyclic) bond motifs is 1. The number of piperidine rings is 1. The standard InChI is InChI=1S/C20H24N6S/c1-13-11-27-18-17(13)22-12-23-20(18)26-9-3-4-15(10-26)25(2)16-7-8-21-19(24-16)14-5-6-14/h7-8,11-12,14-15H,3-6,9-10H2,1-2H3. The number of rotatable bonds is 4. The molecule has 0 N–H and O–H groups in total. The minimum atomic E-state index is 0.423. The van der Waals surface area contributed by atoms with E-state index in [0.29, 0.717) is 12.0 Å². The van der Waals surface area contributed by atoms with Crippen molar-refractivity contribution in [2.75, 3.05) is 29.9 Å². The second-order valence-corrected chi connectivity index (χ2v) is 8.57. The van der Waals surface area contributed by atoms with Gasteiger partial charge in [-0.2, -0.15) is 0 Å². The highest BCUT2D eigenvalue weighted by molar-refractivity contribution is 7.18. The van der Waals surface area contributed by atoms with Gasteiger partial charge in [-0.05, 0) is 49.6 Å². The van der Waals surface area contributed by atoms with E-state index in [1.165, 1.54) is 29.5 Å². The van der Waals surface area contributed by atoms with Gasteiger partial charge in [0.15, 0.2) is 0 Å². The third-order valence-corrected chi connectivity index (χ3v) is 6.80. The van der Waals surface area contributed by atoms with Gasteiger partial charge >= 0.3 is 0 Å². The van der Waals surface area contributed by atoms with E-state index in [4.69, 9.17) is 4.98 Å². The molecule has 2 aliphatic rings. The van der Waals surface area contributed by atoms with Crippen LogP contribution < -0.4 is 9.80 Å². The molecule has 1 unspecified atom stereocenters. The van der Waals surface area contributed by atoms with Crippen molar-refractivity contribution in [3.05, 3.63) is 35.4 Å². The van der Waals surface area contributed by atoms with Gasteiger partial charge in [-0.15, -0.1) is 11.3 Å². The molecular weight excluding hydrogens is 356 g/mol. The first-order valence-electron chi connectivity index (χ1n) is 9.70. The molecule has 1 aliphatic carbocycles. The van der Waals surface area contributed by atoms with Gasteiger partial charge in [0.05, 0.1) is 10.2 Å². The topological polar surface area (TPSA) is 58.0 Å².